The number of aromatic hydroxyl groups is 1. The second kappa shape index (κ2) is 32.2. The van der Waals surface area contributed by atoms with E-state index in [0.29, 0.717) is 35.3 Å². The van der Waals surface area contributed by atoms with Gasteiger partial charge in [0.15, 0.2) is 11.5 Å². The quantitative estimate of drug-likeness (QED) is 0.0467. The highest BCUT2D eigenvalue weighted by Gasteiger charge is 2.50. The van der Waals surface area contributed by atoms with E-state index in [1.54, 1.807) is 11.9 Å². The molecule has 6 aliphatic rings. The molecule has 5 saturated heterocycles. The van der Waals surface area contributed by atoms with Crippen LogP contribution in [0.1, 0.15) is 90.0 Å². The highest BCUT2D eigenvalue weighted by atomic mass is 32.3. The lowest BCUT2D eigenvalue weighted by atomic mass is 9.97. The molecule has 6 fully saturated rings. The fourth-order valence-electron chi connectivity index (χ4n) is 13.8. The van der Waals surface area contributed by atoms with Crippen LogP contribution in [0.15, 0.2) is 54.9 Å². The van der Waals surface area contributed by atoms with E-state index in [4.69, 9.17) is 20.4 Å². The number of carbonyl (C=O) groups is 7. The highest BCUT2D eigenvalue weighted by molar-refractivity contribution is 7.81. The van der Waals surface area contributed by atoms with Crippen molar-refractivity contribution in [3.8, 4) is 33.2 Å². The van der Waals surface area contributed by atoms with E-state index in [9.17, 15) is 82.3 Å². The molecule has 4 aromatic rings. The summed E-state index contributed by atoms with van der Waals surface area (Å²) in [5.41, 5.74) is 7.96. The fourth-order valence-corrected chi connectivity index (χ4v) is 15.0. The van der Waals surface area contributed by atoms with Gasteiger partial charge in [0.1, 0.15) is 35.2 Å². The number of hydrogen-bond donors (Lipinski definition) is 13. The van der Waals surface area contributed by atoms with Gasteiger partial charge in [0.2, 0.25) is 52.4 Å². The standard InChI is InChI=1S/C64H88N14O19S2/c1-33-28-78-54(55(33)86)59(90)66-27-40(80)14-15-44(74(3)29-36-30-76(31-36)64-73-72-60(98-64)38-12-10-37(11-13-38)39-25-67-63(68-26-39)75-19-17-43(18-20-75)96-42-7-5-4-6-8-42)56(87)69-51(34(2)79)61(91)77-32-41(81)23-45(77)57(88)70-52(58(89)71-53(62(78)92)48(84)24-50(65)85)47(83)21-35-9-16-46(82)49(22-35)97-99(93,94)95/h9-13,16,22,25-26,33-34,36,40-45,47-48,51-55,79-84,86H,4-8,14-15,17-21,23-24,27-32H2,1-3H3,(H2,65,85)(H,66,90)(H,69,87)(H,70,88)(H,71,89)(H,93,94,95)/t33-,34+,40+,41+,44-,45-,47+,48+,51-,52-,53-,54-,55-/m0/s1. The zero-order chi connectivity index (χ0) is 71.1. The molecule has 33 nitrogen and oxygen atoms in total. The number of aromatic nitrogens is 4. The first-order chi connectivity index (χ1) is 47.1. The predicted octanol–water partition coefficient (Wildman–Crippen LogP) is -2.28. The van der Waals surface area contributed by atoms with Gasteiger partial charge in [0.25, 0.3) is 0 Å². The van der Waals surface area contributed by atoms with E-state index in [-0.39, 0.29) is 43.5 Å². The van der Waals surface area contributed by atoms with Gasteiger partial charge >= 0.3 is 10.4 Å². The summed E-state index contributed by atoms with van der Waals surface area (Å²) >= 11 is 1.40. The van der Waals surface area contributed by atoms with Crippen molar-refractivity contribution in [3.63, 3.8) is 0 Å². The Hall–Kier alpha value is -7.84. The molecule has 99 heavy (non-hydrogen) atoms. The van der Waals surface area contributed by atoms with Crippen LogP contribution >= 0.6 is 11.3 Å². The number of ether oxygens (including phenoxy) is 1. The van der Waals surface area contributed by atoms with Crippen molar-refractivity contribution >= 4 is 74.2 Å². The van der Waals surface area contributed by atoms with Crippen molar-refractivity contribution in [2.24, 2.45) is 17.6 Å². The molecule has 2 aromatic heterocycles. The highest BCUT2D eigenvalue weighted by Crippen LogP contribution is 2.36. The summed E-state index contributed by atoms with van der Waals surface area (Å²) in [6.07, 6.45) is -0.603. The van der Waals surface area contributed by atoms with Crippen molar-refractivity contribution < 1.29 is 91.2 Å². The molecule has 1 aliphatic carbocycles. The summed E-state index contributed by atoms with van der Waals surface area (Å²) in [5, 5.41) is 98.9. The van der Waals surface area contributed by atoms with Gasteiger partial charge in [-0.3, -0.25) is 43.0 Å². The minimum absolute atomic E-state index is 0.0577. The Morgan fingerprint density at radius 3 is 2.05 bits per heavy atom. The summed E-state index contributed by atoms with van der Waals surface area (Å²) in [6, 6.07) is -0.112. The largest absolute Gasteiger partial charge is 0.504 e. The van der Waals surface area contributed by atoms with Gasteiger partial charge in [-0.15, -0.1) is 10.2 Å². The van der Waals surface area contributed by atoms with Gasteiger partial charge in [-0.1, -0.05) is 67.9 Å². The van der Waals surface area contributed by atoms with Crippen LogP contribution in [0, 0.1) is 11.8 Å². The Morgan fingerprint density at radius 1 is 0.737 bits per heavy atom. The summed E-state index contributed by atoms with van der Waals surface area (Å²) < 4.78 is 43.4. The normalized spacial score (nSPS) is 27.4. The predicted molar refractivity (Wildman–Crippen MR) is 354 cm³/mol. The lowest BCUT2D eigenvalue weighted by Gasteiger charge is -2.42. The lowest BCUT2D eigenvalue weighted by Crippen LogP contribution is -2.64. The van der Waals surface area contributed by atoms with E-state index in [0.717, 1.165) is 83.5 Å². The maximum Gasteiger partial charge on any atom is 0.446 e. The molecule has 14 N–H and O–H groups in total. The molecular weight excluding hydrogens is 1330 g/mol. The van der Waals surface area contributed by atoms with E-state index >= 15 is 0 Å². The molecule has 1 saturated carbocycles. The molecule has 5 aliphatic heterocycles. The van der Waals surface area contributed by atoms with Crippen LogP contribution < -0.4 is 41.0 Å². The van der Waals surface area contributed by atoms with Crippen LogP contribution in [0.5, 0.6) is 11.5 Å². The minimum atomic E-state index is -5.23. The number of amides is 7. The number of anilines is 2. The SMILES string of the molecule is C[C@@H](O)[C@@H]1NC(=O)[C@@H](N(C)CC2CN(c3nnc(-c4ccc(-c5cnc(N6CCC(OC7CCCCC7)CC6)nc5)cc4)s3)C2)CC[C@@H](O)CNC(=O)[C@@H]2[C@@H](O)[C@@H](C)CN2C(=O)[C@H]([C@H](O)CC(N)=O)NC(=O)[C@H]([C@H](O)Cc2ccc(O)c(OS(=O)(=O)O)c2)NC(=O)[C@@H]2C[C@@H](O)CN2C1=O. The van der Waals surface area contributed by atoms with Crippen LogP contribution in [0.3, 0.4) is 0 Å². The Kier molecular flexibility index (Phi) is 24.0. The first-order valence-corrected chi connectivity index (χ1v) is 35.5. The van der Waals surface area contributed by atoms with Crippen LogP contribution in [0.4, 0.5) is 11.1 Å². The number of phenolic OH excluding ortho intramolecular Hbond substituents is 1. The molecule has 540 valence electrons. The number of benzene rings is 2. The number of nitrogens with two attached hydrogens (primary N) is 1. The number of primary amides is 1. The molecular formula is C64H88N14O19S2. The van der Waals surface area contributed by atoms with E-state index < -0.39 is 174 Å². The number of β-amino-alcohol motifs (C(OH)–C–C–N with tert-alkyl or cyclic N) is 1. The Bertz CT molecular complexity index is 3630. The number of aliphatic hydroxyl groups is 6. The summed E-state index contributed by atoms with van der Waals surface area (Å²) in [7, 11) is -3.57. The maximum absolute atomic E-state index is 14.8. The van der Waals surface area contributed by atoms with Crippen LogP contribution in [0.25, 0.3) is 21.7 Å². The van der Waals surface area contributed by atoms with Crippen molar-refractivity contribution in [2.45, 2.75) is 176 Å². The number of nitrogens with zero attached hydrogens (tertiary/aromatic N) is 9. The van der Waals surface area contributed by atoms with Gasteiger partial charge in [-0.2, -0.15) is 8.42 Å². The maximum atomic E-state index is 14.8. The number of nitrogens with one attached hydrogen (secondary N) is 4. The molecule has 0 spiro atoms. The third-order valence-corrected chi connectivity index (χ3v) is 20.7. The van der Waals surface area contributed by atoms with E-state index in [2.05, 4.69) is 40.5 Å². The molecule has 13 atom stereocenters. The summed E-state index contributed by atoms with van der Waals surface area (Å²) in [6.45, 7) is 4.22. The second-order valence-corrected chi connectivity index (χ2v) is 28.8. The summed E-state index contributed by atoms with van der Waals surface area (Å²) in [4.78, 5) is 117. The summed E-state index contributed by atoms with van der Waals surface area (Å²) in [5.74, 6) is -9.84. The molecule has 10 rings (SSSR count). The number of piperidine rings is 1. The Labute approximate surface area is 575 Å². The van der Waals surface area contributed by atoms with Crippen molar-refractivity contribution in [2.75, 3.05) is 69.2 Å². The number of rotatable bonds is 18. The minimum Gasteiger partial charge on any atom is -0.504 e. The zero-order valence-electron chi connectivity index (χ0n) is 55.1. The van der Waals surface area contributed by atoms with Gasteiger partial charge in [-0.25, -0.2) is 9.97 Å². The lowest BCUT2D eigenvalue weighted by molar-refractivity contribution is -0.148. The van der Waals surface area contributed by atoms with Crippen molar-refractivity contribution in [1.29, 1.82) is 0 Å². The fraction of sp³-hybridized carbons (Fsp3) is 0.609. The number of fused-ring (bicyclic) bond motifs is 2. The smallest absolute Gasteiger partial charge is 0.446 e. The zero-order valence-corrected chi connectivity index (χ0v) is 56.7. The van der Waals surface area contributed by atoms with Crippen LogP contribution in [0.2, 0.25) is 0 Å². The number of hydrogen-bond acceptors (Lipinski definition) is 26. The molecule has 0 radical (unpaired) electrons. The van der Waals surface area contributed by atoms with Crippen molar-refractivity contribution in [3.05, 3.63) is 60.4 Å². The molecule has 7 heterocycles. The Balaban J connectivity index is 0.839. The molecule has 0 bridgehead atoms. The average Bonchev–Trinajstić information content (AvgIpc) is 1.76. The van der Waals surface area contributed by atoms with E-state index in [1.165, 1.54) is 44.4 Å². The third kappa shape index (κ3) is 18.4. The van der Waals surface area contributed by atoms with Crippen LogP contribution in [-0.2, 0) is 55.1 Å². The molecule has 0 unspecified atom stereocenters. The molecule has 35 heteroatoms. The topological polar surface area (TPSA) is 476 Å². The van der Waals surface area contributed by atoms with Crippen molar-refractivity contribution in [1.82, 2.24) is 56.1 Å². The number of likely N-dealkylation sites (N-methyl/N-ethyl adjacent to an activating group) is 1. The van der Waals surface area contributed by atoms with Gasteiger partial charge in [-0.05, 0) is 75.8 Å². The molecule has 7 amide bonds. The van der Waals surface area contributed by atoms with Gasteiger partial charge in [0.05, 0.1) is 61.3 Å². The number of aliphatic hydroxyl groups excluding tert-OH is 6. The van der Waals surface area contributed by atoms with Gasteiger partial charge < -0.3 is 91.3 Å². The first-order valence-electron chi connectivity index (χ1n) is 33.3. The number of phenols is 1. The first kappa shape index (κ1) is 73.9. The average molecular weight is 1420 g/mol. The molecule has 2 aromatic carbocycles. The Morgan fingerprint density at radius 2 is 1.38 bits per heavy atom. The van der Waals surface area contributed by atoms with Gasteiger partial charge in [0, 0.05) is 101 Å². The monoisotopic (exact) mass is 1420 g/mol. The third-order valence-electron chi connectivity index (χ3n) is 19.3. The second-order valence-electron chi connectivity index (χ2n) is 26.8. The van der Waals surface area contributed by atoms with E-state index in [1.807, 2.05) is 41.6 Å². The van der Waals surface area contributed by atoms with Crippen LogP contribution in [-0.4, -0.2) is 269 Å². The number of carbonyl (C=O) groups excluding carboxylic acids is 7.